The lowest BCUT2D eigenvalue weighted by atomic mass is 9.90. The molecule has 2 heterocycles. The molecule has 0 unspecified atom stereocenters. The number of amides is 1. The van der Waals surface area contributed by atoms with Crippen LogP contribution in [0.3, 0.4) is 0 Å². The maximum atomic E-state index is 12.6. The van der Waals surface area contributed by atoms with Gasteiger partial charge in [-0.1, -0.05) is 12.1 Å². The molecule has 1 fully saturated rings. The predicted octanol–water partition coefficient (Wildman–Crippen LogP) is 2.26. The van der Waals surface area contributed by atoms with Gasteiger partial charge >= 0.3 is 0 Å². The summed E-state index contributed by atoms with van der Waals surface area (Å²) in [6.07, 6.45) is 4.71. The van der Waals surface area contributed by atoms with Crippen molar-refractivity contribution < 1.29 is 14.6 Å². The molecular formula is C20H24N2O3. The average Bonchev–Trinajstić information content (AvgIpc) is 3.12. The van der Waals surface area contributed by atoms with Crippen molar-refractivity contribution in [1.29, 1.82) is 0 Å². The number of benzene rings is 1. The van der Waals surface area contributed by atoms with Gasteiger partial charge in [-0.3, -0.25) is 9.78 Å². The Labute approximate surface area is 148 Å². The molecule has 25 heavy (non-hydrogen) atoms. The van der Waals surface area contributed by atoms with Crippen molar-refractivity contribution in [1.82, 2.24) is 9.88 Å². The van der Waals surface area contributed by atoms with E-state index in [4.69, 9.17) is 4.74 Å². The minimum Gasteiger partial charge on any atom is -0.497 e. The molecule has 0 spiro atoms. The molecule has 1 amide bonds. The largest absolute Gasteiger partial charge is 0.497 e. The second-order valence-corrected chi connectivity index (χ2v) is 6.48. The maximum Gasteiger partial charge on any atom is 0.222 e. The maximum absolute atomic E-state index is 12.6. The highest BCUT2D eigenvalue weighted by Gasteiger charge is 2.35. The number of carbonyl (C=O) groups is 1. The molecule has 2 atom stereocenters. The van der Waals surface area contributed by atoms with Crippen molar-refractivity contribution in [3.63, 3.8) is 0 Å². The molecule has 1 aromatic heterocycles. The number of aliphatic hydroxyl groups is 1. The van der Waals surface area contributed by atoms with Crippen molar-refractivity contribution >= 4 is 5.91 Å². The second kappa shape index (κ2) is 8.12. The summed E-state index contributed by atoms with van der Waals surface area (Å²) >= 11 is 0. The lowest BCUT2D eigenvalue weighted by Crippen LogP contribution is -2.29. The van der Waals surface area contributed by atoms with Crippen LogP contribution >= 0.6 is 0 Å². The number of carbonyl (C=O) groups excluding carboxylic acids is 1. The Morgan fingerprint density at radius 2 is 1.92 bits per heavy atom. The van der Waals surface area contributed by atoms with Crippen LogP contribution in [-0.2, 0) is 11.2 Å². The third-order valence-corrected chi connectivity index (χ3v) is 4.95. The lowest BCUT2D eigenvalue weighted by Gasteiger charge is -2.16. The van der Waals surface area contributed by atoms with Crippen LogP contribution in [0.15, 0.2) is 48.8 Å². The Bertz CT molecular complexity index is 688. The van der Waals surface area contributed by atoms with Gasteiger partial charge in [0.2, 0.25) is 5.91 Å². The van der Waals surface area contributed by atoms with Gasteiger partial charge in [-0.05, 0) is 41.8 Å². The van der Waals surface area contributed by atoms with Crippen LogP contribution < -0.4 is 4.74 Å². The predicted molar refractivity (Wildman–Crippen MR) is 95.4 cm³/mol. The third kappa shape index (κ3) is 4.17. The highest BCUT2D eigenvalue weighted by atomic mass is 16.5. The quantitative estimate of drug-likeness (QED) is 0.876. The summed E-state index contributed by atoms with van der Waals surface area (Å²) in [6, 6.07) is 11.8. The van der Waals surface area contributed by atoms with E-state index in [0.29, 0.717) is 25.9 Å². The molecule has 0 bridgehead atoms. The number of pyridine rings is 1. The molecule has 2 aromatic rings. The monoisotopic (exact) mass is 340 g/mol. The summed E-state index contributed by atoms with van der Waals surface area (Å²) in [7, 11) is 1.64. The van der Waals surface area contributed by atoms with Gasteiger partial charge in [-0.2, -0.15) is 0 Å². The highest BCUT2D eigenvalue weighted by molar-refractivity contribution is 5.77. The Morgan fingerprint density at radius 3 is 2.56 bits per heavy atom. The van der Waals surface area contributed by atoms with Crippen LogP contribution in [0.25, 0.3) is 0 Å². The van der Waals surface area contributed by atoms with Gasteiger partial charge in [-0.15, -0.1) is 0 Å². The number of likely N-dealkylation sites (tertiary alicyclic amines) is 1. The van der Waals surface area contributed by atoms with Gasteiger partial charge in [-0.25, -0.2) is 0 Å². The first-order valence-corrected chi connectivity index (χ1v) is 8.62. The number of methoxy groups -OCH3 is 1. The van der Waals surface area contributed by atoms with Gasteiger partial charge < -0.3 is 14.7 Å². The number of aromatic nitrogens is 1. The van der Waals surface area contributed by atoms with Gasteiger partial charge in [0.1, 0.15) is 5.75 Å². The van der Waals surface area contributed by atoms with E-state index in [0.717, 1.165) is 16.9 Å². The summed E-state index contributed by atoms with van der Waals surface area (Å²) < 4.78 is 5.15. The lowest BCUT2D eigenvalue weighted by molar-refractivity contribution is -0.130. The van der Waals surface area contributed by atoms with E-state index in [2.05, 4.69) is 4.98 Å². The van der Waals surface area contributed by atoms with E-state index in [1.54, 1.807) is 19.5 Å². The number of aryl methyl sites for hydroxylation is 1. The summed E-state index contributed by atoms with van der Waals surface area (Å²) in [5.74, 6) is 1.23. The Morgan fingerprint density at radius 1 is 1.20 bits per heavy atom. The number of rotatable bonds is 6. The van der Waals surface area contributed by atoms with Gasteiger partial charge in [0, 0.05) is 50.3 Å². The van der Waals surface area contributed by atoms with E-state index in [9.17, 15) is 9.90 Å². The van der Waals surface area contributed by atoms with E-state index >= 15 is 0 Å². The van der Waals surface area contributed by atoms with Crippen LogP contribution in [0.5, 0.6) is 5.75 Å². The number of nitrogens with zero attached hydrogens (tertiary/aromatic N) is 2. The normalized spacial score (nSPS) is 19.8. The molecule has 1 aliphatic heterocycles. The van der Waals surface area contributed by atoms with Crippen molar-refractivity contribution in [2.75, 3.05) is 26.8 Å². The first-order chi connectivity index (χ1) is 12.2. The molecule has 0 saturated carbocycles. The van der Waals surface area contributed by atoms with E-state index in [1.807, 2.05) is 41.3 Å². The Balaban J connectivity index is 1.58. The summed E-state index contributed by atoms with van der Waals surface area (Å²) in [6.45, 7) is 1.37. The minimum absolute atomic E-state index is 0.0901. The smallest absolute Gasteiger partial charge is 0.222 e. The third-order valence-electron chi connectivity index (χ3n) is 4.95. The van der Waals surface area contributed by atoms with Crippen LogP contribution in [0.4, 0.5) is 0 Å². The molecule has 1 N–H and O–H groups in total. The highest BCUT2D eigenvalue weighted by Crippen LogP contribution is 2.32. The number of hydrogen-bond donors (Lipinski definition) is 1. The summed E-state index contributed by atoms with van der Waals surface area (Å²) in [4.78, 5) is 18.5. The molecule has 0 radical (unpaired) electrons. The first kappa shape index (κ1) is 17.4. The summed E-state index contributed by atoms with van der Waals surface area (Å²) in [5.41, 5.74) is 2.26. The van der Waals surface area contributed by atoms with Gasteiger partial charge in [0.05, 0.1) is 7.11 Å². The van der Waals surface area contributed by atoms with Crippen LogP contribution in [0.1, 0.15) is 23.5 Å². The second-order valence-electron chi connectivity index (χ2n) is 6.48. The first-order valence-electron chi connectivity index (χ1n) is 8.62. The van der Waals surface area contributed by atoms with Crippen molar-refractivity contribution in [2.45, 2.75) is 18.8 Å². The number of aliphatic hydroxyl groups excluding tert-OH is 1. The molecule has 3 rings (SSSR count). The van der Waals surface area contributed by atoms with Crippen molar-refractivity contribution in [3.8, 4) is 5.75 Å². The van der Waals surface area contributed by atoms with Crippen LogP contribution in [0.2, 0.25) is 0 Å². The molecule has 132 valence electrons. The van der Waals surface area contributed by atoms with Crippen LogP contribution in [0, 0.1) is 5.92 Å². The Hall–Kier alpha value is -2.40. The van der Waals surface area contributed by atoms with E-state index < -0.39 is 0 Å². The summed E-state index contributed by atoms with van der Waals surface area (Å²) in [5, 5.41) is 9.69. The molecule has 0 aliphatic carbocycles. The van der Waals surface area contributed by atoms with Crippen LogP contribution in [-0.4, -0.2) is 47.7 Å². The fourth-order valence-corrected chi connectivity index (χ4v) is 3.45. The average molecular weight is 340 g/mol. The molecule has 1 aromatic carbocycles. The Kier molecular flexibility index (Phi) is 5.66. The van der Waals surface area contributed by atoms with Gasteiger partial charge in [0.15, 0.2) is 0 Å². The van der Waals surface area contributed by atoms with Crippen molar-refractivity contribution in [3.05, 3.63) is 59.9 Å². The van der Waals surface area contributed by atoms with E-state index in [1.165, 1.54) is 0 Å². The zero-order valence-corrected chi connectivity index (χ0v) is 14.5. The number of hydrogen-bond acceptors (Lipinski definition) is 4. The molecule has 5 heteroatoms. The SMILES string of the molecule is COc1ccc(CCC(=O)N2C[C@@H](CO)[C@H](c3ccncc3)C2)cc1. The molecule has 1 saturated heterocycles. The zero-order valence-electron chi connectivity index (χ0n) is 14.5. The van der Waals surface area contributed by atoms with Crippen molar-refractivity contribution in [2.24, 2.45) is 5.92 Å². The minimum atomic E-state index is 0.0901. The standard InChI is InChI=1S/C20H24N2O3/c1-25-18-5-2-15(3-6-18)4-7-20(24)22-12-17(14-23)19(13-22)16-8-10-21-11-9-16/h2-3,5-6,8-11,17,19,23H,4,7,12-14H2,1H3/t17-,19-/m0/s1. The van der Waals surface area contributed by atoms with Gasteiger partial charge in [0.25, 0.3) is 0 Å². The number of ether oxygens (including phenoxy) is 1. The molecule has 5 nitrogen and oxygen atoms in total. The fourth-order valence-electron chi connectivity index (χ4n) is 3.45. The molecular weight excluding hydrogens is 316 g/mol. The topological polar surface area (TPSA) is 62.7 Å². The fraction of sp³-hybridized carbons (Fsp3) is 0.400. The molecule has 1 aliphatic rings. The van der Waals surface area contributed by atoms with E-state index in [-0.39, 0.29) is 24.3 Å². The zero-order chi connectivity index (χ0) is 17.6.